The van der Waals surface area contributed by atoms with Crippen LogP contribution >= 0.6 is 12.6 Å². The molecule has 1 amide bonds. The number of nitrogens with one attached hydrogen (secondary N) is 1. The van der Waals surface area contributed by atoms with Crippen LogP contribution in [0.3, 0.4) is 0 Å². The van der Waals surface area contributed by atoms with Crippen LogP contribution in [0.4, 0.5) is 0 Å². The highest BCUT2D eigenvalue weighted by atomic mass is 32.1. The van der Waals surface area contributed by atoms with Crippen LogP contribution in [0.15, 0.2) is 5.16 Å². The normalized spacial score (nSPS) is 9.40. The molecule has 10 heavy (non-hydrogen) atoms. The molecule has 7 heteroatoms. The van der Waals surface area contributed by atoms with Gasteiger partial charge in [0.2, 0.25) is 11.1 Å². The van der Waals surface area contributed by atoms with Gasteiger partial charge < -0.3 is 0 Å². The van der Waals surface area contributed by atoms with Gasteiger partial charge in [0.15, 0.2) is 0 Å². The van der Waals surface area contributed by atoms with Crippen molar-refractivity contribution in [1.82, 2.24) is 20.3 Å². The van der Waals surface area contributed by atoms with E-state index < -0.39 is 0 Å². The van der Waals surface area contributed by atoms with Crippen LogP contribution in [-0.4, -0.2) is 26.2 Å². The highest BCUT2D eigenvalue weighted by Crippen LogP contribution is 1.92. The van der Waals surface area contributed by atoms with Gasteiger partial charge in [-0.05, 0) is 10.4 Å². The van der Waals surface area contributed by atoms with Crippen LogP contribution < -0.4 is 5.43 Å². The molecular formula is C3H5N5OS. The third kappa shape index (κ3) is 1.44. The number of nitrogens with zero attached hydrogens (tertiary/aromatic N) is 4. The quantitative estimate of drug-likeness (QED) is 0.518. The maximum atomic E-state index is 10.4. The summed E-state index contributed by atoms with van der Waals surface area (Å²) in [5, 5.41) is 10.3. The van der Waals surface area contributed by atoms with Crippen LogP contribution in [0.25, 0.3) is 0 Å². The smallest absolute Gasteiger partial charge is 0.237 e. The highest BCUT2D eigenvalue weighted by Gasteiger charge is 1.99. The molecule has 0 bridgehead atoms. The fourth-order valence-electron chi connectivity index (χ4n) is 0.404. The van der Waals surface area contributed by atoms with Crippen LogP contribution in [-0.2, 0) is 4.79 Å². The number of hydrogen-bond acceptors (Lipinski definition) is 5. The molecule has 0 saturated carbocycles. The van der Waals surface area contributed by atoms with E-state index in [-0.39, 0.29) is 11.1 Å². The van der Waals surface area contributed by atoms with E-state index in [1.165, 1.54) is 6.92 Å². The summed E-state index contributed by atoms with van der Waals surface area (Å²) in [5.74, 6) is -0.248. The van der Waals surface area contributed by atoms with E-state index in [0.29, 0.717) is 0 Å². The van der Waals surface area contributed by atoms with Crippen molar-refractivity contribution < 1.29 is 4.79 Å². The standard InChI is InChI=1S/C3H5N5OS/c1-2(9)5-8-3(10)4-6-7-8/h1H3,(H,5,9)(H,4,7,10). The Bertz CT molecular complexity index is 245. The minimum absolute atomic E-state index is 0.246. The van der Waals surface area contributed by atoms with Crippen molar-refractivity contribution in [2.24, 2.45) is 0 Å². The van der Waals surface area contributed by atoms with Crippen molar-refractivity contribution >= 4 is 18.5 Å². The Kier molecular flexibility index (Phi) is 1.86. The van der Waals surface area contributed by atoms with Crippen LogP contribution in [0, 0.1) is 0 Å². The lowest BCUT2D eigenvalue weighted by Crippen LogP contribution is -2.21. The first-order chi connectivity index (χ1) is 4.70. The second kappa shape index (κ2) is 2.65. The Morgan fingerprint density at radius 2 is 2.50 bits per heavy atom. The van der Waals surface area contributed by atoms with E-state index in [0.717, 1.165) is 4.79 Å². The summed E-state index contributed by atoms with van der Waals surface area (Å²) < 4.78 is 0. The van der Waals surface area contributed by atoms with Crippen LogP contribution in [0.2, 0.25) is 0 Å². The Hall–Kier alpha value is -1.11. The molecule has 1 heterocycles. The molecule has 1 aromatic heterocycles. The number of rotatable bonds is 1. The number of thiol groups is 1. The minimum Gasteiger partial charge on any atom is -0.274 e. The first-order valence-corrected chi connectivity index (χ1v) is 2.90. The van der Waals surface area contributed by atoms with Gasteiger partial charge in [-0.1, -0.05) is 17.7 Å². The van der Waals surface area contributed by atoms with Gasteiger partial charge in [0, 0.05) is 6.92 Å². The molecule has 0 aliphatic carbocycles. The Balaban J connectivity index is 2.74. The Labute approximate surface area is 62.0 Å². The zero-order valence-electron chi connectivity index (χ0n) is 5.14. The third-order valence-electron chi connectivity index (χ3n) is 0.716. The van der Waals surface area contributed by atoms with Crippen LogP contribution in [0.1, 0.15) is 6.92 Å². The number of carbonyl (C=O) groups is 1. The van der Waals surface area contributed by atoms with Gasteiger partial charge in [0.1, 0.15) is 0 Å². The summed E-state index contributed by atoms with van der Waals surface area (Å²) >= 11 is 3.84. The zero-order chi connectivity index (χ0) is 7.56. The number of aromatic nitrogens is 4. The molecule has 0 fully saturated rings. The number of amides is 1. The van der Waals surface area contributed by atoms with Crippen molar-refractivity contribution in [3.63, 3.8) is 0 Å². The lowest BCUT2D eigenvalue weighted by molar-refractivity contribution is -0.115. The predicted octanol–water partition coefficient (Wildman–Crippen LogP) is -0.948. The first-order valence-electron chi connectivity index (χ1n) is 2.45. The second-order valence-electron chi connectivity index (χ2n) is 1.56. The third-order valence-corrected chi connectivity index (χ3v) is 0.995. The molecule has 0 radical (unpaired) electrons. The van der Waals surface area contributed by atoms with Gasteiger partial charge in [0.25, 0.3) is 0 Å². The molecule has 0 atom stereocenters. The predicted molar refractivity (Wildman–Crippen MR) is 35.1 cm³/mol. The molecule has 0 aromatic carbocycles. The molecule has 1 aromatic rings. The van der Waals surface area contributed by atoms with E-state index >= 15 is 0 Å². The fraction of sp³-hybridized carbons (Fsp3) is 0.333. The van der Waals surface area contributed by atoms with Gasteiger partial charge in [-0.3, -0.25) is 4.79 Å². The lowest BCUT2D eigenvalue weighted by Gasteiger charge is -1.97. The van der Waals surface area contributed by atoms with Crippen molar-refractivity contribution in [2.75, 3.05) is 5.43 Å². The molecule has 6 nitrogen and oxygen atoms in total. The second-order valence-corrected chi connectivity index (χ2v) is 1.96. The monoisotopic (exact) mass is 159 g/mol. The number of hydrogen-bond donors (Lipinski definition) is 2. The van der Waals surface area contributed by atoms with Crippen LogP contribution in [0.5, 0.6) is 0 Å². The summed E-state index contributed by atoms with van der Waals surface area (Å²) in [7, 11) is 0. The van der Waals surface area contributed by atoms with E-state index in [1.807, 2.05) is 0 Å². The van der Waals surface area contributed by atoms with Gasteiger partial charge in [-0.25, -0.2) is 5.43 Å². The number of tetrazole rings is 1. The highest BCUT2D eigenvalue weighted by molar-refractivity contribution is 7.80. The molecule has 0 unspecified atom stereocenters. The van der Waals surface area contributed by atoms with E-state index in [2.05, 4.69) is 33.6 Å². The van der Waals surface area contributed by atoms with E-state index in [4.69, 9.17) is 0 Å². The maximum absolute atomic E-state index is 10.4. The summed E-state index contributed by atoms with van der Waals surface area (Å²) in [5.41, 5.74) is 2.32. The van der Waals surface area contributed by atoms with Gasteiger partial charge in [-0.15, -0.1) is 4.79 Å². The number of carbonyl (C=O) groups excluding carboxylic acids is 1. The molecule has 1 rings (SSSR count). The van der Waals surface area contributed by atoms with Crippen molar-refractivity contribution in [3.05, 3.63) is 0 Å². The van der Waals surface area contributed by atoms with E-state index in [1.54, 1.807) is 0 Å². The SMILES string of the molecule is CC(=O)Nn1nnnc1S. The Morgan fingerprint density at radius 1 is 1.80 bits per heavy atom. The summed E-state index contributed by atoms with van der Waals surface area (Å²) in [6.07, 6.45) is 0. The molecule has 1 N–H and O–H groups in total. The van der Waals surface area contributed by atoms with E-state index in [9.17, 15) is 4.79 Å². The summed E-state index contributed by atoms with van der Waals surface area (Å²) in [4.78, 5) is 11.5. The fourth-order valence-corrected chi connectivity index (χ4v) is 0.534. The summed E-state index contributed by atoms with van der Waals surface area (Å²) in [6.45, 7) is 1.36. The molecule has 0 spiro atoms. The van der Waals surface area contributed by atoms with Gasteiger partial charge in [0.05, 0.1) is 0 Å². The average Bonchev–Trinajstić information content (AvgIpc) is 2.15. The topological polar surface area (TPSA) is 72.7 Å². The Morgan fingerprint density at radius 3 is 2.90 bits per heavy atom. The molecular weight excluding hydrogens is 154 g/mol. The molecule has 0 aliphatic rings. The minimum atomic E-state index is -0.248. The van der Waals surface area contributed by atoms with Gasteiger partial charge >= 0.3 is 0 Å². The molecule has 0 aliphatic heterocycles. The maximum Gasteiger partial charge on any atom is 0.237 e. The van der Waals surface area contributed by atoms with Crippen molar-refractivity contribution in [1.29, 1.82) is 0 Å². The van der Waals surface area contributed by atoms with Crippen molar-refractivity contribution in [3.8, 4) is 0 Å². The average molecular weight is 159 g/mol. The largest absolute Gasteiger partial charge is 0.274 e. The molecule has 54 valence electrons. The lowest BCUT2D eigenvalue weighted by atomic mass is 10.8. The van der Waals surface area contributed by atoms with Crippen molar-refractivity contribution in [2.45, 2.75) is 12.1 Å². The summed E-state index contributed by atoms with van der Waals surface area (Å²) in [6, 6.07) is 0. The van der Waals surface area contributed by atoms with Gasteiger partial charge in [-0.2, -0.15) is 0 Å². The zero-order valence-corrected chi connectivity index (χ0v) is 6.04. The first kappa shape index (κ1) is 7.00. The molecule has 0 saturated heterocycles.